The Bertz CT molecular complexity index is 224. The Morgan fingerprint density at radius 2 is 2.08 bits per heavy atom. The Morgan fingerprint density at radius 1 is 1.42 bits per heavy atom. The molecule has 12 heavy (non-hydrogen) atoms. The number of ketones is 1. The number of hydrogen-bond donors (Lipinski definition) is 1. The minimum absolute atomic E-state index is 0.0622. The molecule has 2 heteroatoms. The number of nitrogens with two attached hydrogens (primary N) is 1. The minimum Gasteiger partial charge on any atom is -0.327 e. The van der Waals surface area contributed by atoms with Crippen LogP contribution in [0, 0.1) is 17.8 Å². The van der Waals surface area contributed by atoms with Gasteiger partial charge in [-0.05, 0) is 18.8 Å². The van der Waals surface area contributed by atoms with Crippen LogP contribution in [0.2, 0.25) is 0 Å². The van der Waals surface area contributed by atoms with Crippen molar-refractivity contribution in [1.82, 2.24) is 0 Å². The largest absolute Gasteiger partial charge is 0.327 e. The number of carbonyl (C=O) groups is 1. The lowest BCUT2D eigenvalue weighted by molar-refractivity contribution is -0.111. The van der Waals surface area contributed by atoms with E-state index in [9.17, 15) is 4.79 Å². The van der Waals surface area contributed by atoms with Crippen LogP contribution in [-0.2, 0) is 4.79 Å². The molecule has 66 valence electrons. The van der Waals surface area contributed by atoms with Crippen molar-refractivity contribution in [3.05, 3.63) is 0 Å². The first-order valence-electron chi connectivity index (χ1n) is 4.48. The molecular weight excluding hydrogens is 150 g/mol. The maximum Gasteiger partial charge on any atom is 0.202 e. The molecule has 0 amide bonds. The maximum atomic E-state index is 10.6. The van der Waals surface area contributed by atoms with E-state index < -0.39 is 0 Å². The van der Waals surface area contributed by atoms with Gasteiger partial charge in [0.15, 0.2) is 0 Å². The maximum absolute atomic E-state index is 10.6. The zero-order valence-electron chi connectivity index (χ0n) is 7.47. The first-order valence-corrected chi connectivity index (χ1v) is 4.48. The van der Waals surface area contributed by atoms with Crippen LogP contribution in [0.1, 0.15) is 32.6 Å². The lowest BCUT2D eigenvalue weighted by Crippen LogP contribution is -2.32. The van der Waals surface area contributed by atoms with Crippen molar-refractivity contribution in [2.24, 2.45) is 11.7 Å². The normalized spacial score (nSPS) is 28.8. The molecule has 0 unspecified atom stereocenters. The van der Waals surface area contributed by atoms with Crippen molar-refractivity contribution in [2.45, 2.75) is 38.6 Å². The molecule has 2 N–H and O–H groups in total. The predicted octanol–water partition coefficient (Wildman–Crippen LogP) is 1.10. The van der Waals surface area contributed by atoms with Crippen LogP contribution in [-0.4, -0.2) is 11.8 Å². The van der Waals surface area contributed by atoms with Gasteiger partial charge in [0.1, 0.15) is 0 Å². The second-order valence-electron chi connectivity index (χ2n) is 3.38. The van der Waals surface area contributed by atoms with Gasteiger partial charge in [-0.25, -0.2) is 0 Å². The van der Waals surface area contributed by atoms with Gasteiger partial charge in [0.2, 0.25) is 5.78 Å². The van der Waals surface area contributed by atoms with Crippen molar-refractivity contribution in [1.29, 1.82) is 0 Å². The third-order valence-corrected chi connectivity index (χ3v) is 2.25. The van der Waals surface area contributed by atoms with Gasteiger partial charge in [0.25, 0.3) is 0 Å². The van der Waals surface area contributed by atoms with Gasteiger partial charge in [-0.3, -0.25) is 4.79 Å². The fraction of sp³-hybridized carbons (Fsp3) is 0.700. The quantitative estimate of drug-likeness (QED) is 0.431. The average Bonchev–Trinajstić information content (AvgIpc) is 2.03. The summed E-state index contributed by atoms with van der Waals surface area (Å²) in [5.41, 5.74) is 5.85. The van der Waals surface area contributed by atoms with Crippen LogP contribution in [0.15, 0.2) is 0 Å². The SMILES string of the molecule is CC(=O)C#C[C@H]1CCCC[C@@H]1N. The first kappa shape index (κ1) is 9.28. The minimum atomic E-state index is -0.0622. The Kier molecular flexibility index (Phi) is 3.31. The fourth-order valence-corrected chi connectivity index (χ4v) is 1.53. The molecule has 0 saturated heterocycles. The lowest BCUT2D eigenvalue weighted by atomic mass is 9.85. The summed E-state index contributed by atoms with van der Waals surface area (Å²) < 4.78 is 0. The van der Waals surface area contributed by atoms with Gasteiger partial charge in [0.05, 0.1) is 0 Å². The molecule has 0 bridgehead atoms. The highest BCUT2D eigenvalue weighted by molar-refractivity contribution is 5.93. The summed E-state index contributed by atoms with van der Waals surface area (Å²) in [4.78, 5) is 10.6. The molecule has 0 aromatic heterocycles. The zero-order chi connectivity index (χ0) is 8.97. The molecule has 0 aromatic rings. The van der Waals surface area contributed by atoms with Gasteiger partial charge < -0.3 is 5.73 Å². The Morgan fingerprint density at radius 3 is 2.67 bits per heavy atom. The van der Waals surface area contributed by atoms with Gasteiger partial charge in [-0.2, -0.15) is 0 Å². The molecule has 0 aromatic carbocycles. The van der Waals surface area contributed by atoms with Gasteiger partial charge in [0, 0.05) is 18.9 Å². The second-order valence-corrected chi connectivity index (χ2v) is 3.38. The summed E-state index contributed by atoms with van der Waals surface area (Å²) >= 11 is 0. The van der Waals surface area contributed by atoms with Gasteiger partial charge in [-0.15, -0.1) is 0 Å². The van der Waals surface area contributed by atoms with E-state index in [-0.39, 0.29) is 17.7 Å². The standard InChI is InChI=1S/C10H15NO/c1-8(12)6-7-9-4-2-3-5-10(9)11/h9-10H,2-5,11H2,1H3/t9-,10+/m1/s1. The molecular formula is C10H15NO. The van der Waals surface area contributed by atoms with Crippen LogP contribution in [0.3, 0.4) is 0 Å². The summed E-state index contributed by atoms with van der Waals surface area (Å²) in [5.74, 6) is 5.71. The van der Waals surface area contributed by atoms with Crippen molar-refractivity contribution in [3.8, 4) is 11.8 Å². The molecule has 1 rings (SSSR count). The molecule has 0 heterocycles. The van der Waals surface area contributed by atoms with E-state index >= 15 is 0 Å². The highest BCUT2D eigenvalue weighted by Crippen LogP contribution is 2.21. The monoisotopic (exact) mass is 165 g/mol. The second kappa shape index (κ2) is 4.27. The summed E-state index contributed by atoms with van der Waals surface area (Å²) in [6.07, 6.45) is 4.52. The first-order chi connectivity index (χ1) is 5.70. The number of hydrogen-bond acceptors (Lipinski definition) is 2. The van der Waals surface area contributed by atoms with E-state index in [1.807, 2.05) is 0 Å². The van der Waals surface area contributed by atoms with E-state index in [0.29, 0.717) is 0 Å². The number of Topliss-reactive ketones (excluding diaryl/α,β-unsaturated/α-hetero) is 1. The van der Waals surface area contributed by atoms with Crippen LogP contribution < -0.4 is 5.73 Å². The zero-order valence-corrected chi connectivity index (χ0v) is 7.47. The van der Waals surface area contributed by atoms with Crippen molar-refractivity contribution < 1.29 is 4.79 Å². The van der Waals surface area contributed by atoms with Crippen molar-refractivity contribution >= 4 is 5.78 Å². The van der Waals surface area contributed by atoms with E-state index in [4.69, 9.17) is 5.73 Å². The third-order valence-electron chi connectivity index (χ3n) is 2.25. The molecule has 0 aliphatic heterocycles. The molecule has 1 aliphatic carbocycles. The van der Waals surface area contributed by atoms with E-state index in [0.717, 1.165) is 12.8 Å². The van der Waals surface area contributed by atoms with E-state index in [1.54, 1.807) is 0 Å². The number of carbonyl (C=O) groups excluding carboxylic acids is 1. The van der Waals surface area contributed by atoms with E-state index in [2.05, 4.69) is 11.8 Å². The molecule has 1 saturated carbocycles. The Labute approximate surface area is 73.5 Å². The molecule has 0 radical (unpaired) electrons. The summed E-state index contributed by atoms with van der Waals surface area (Å²) in [6.45, 7) is 1.49. The topological polar surface area (TPSA) is 43.1 Å². The van der Waals surface area contributed by atoms with E-state index in [1.165, 1.54) is 19.8 Å². The van der Waals surface area contributed by atoms with Crippen molar-refractivity contribution in [3.63, 3.8) is 0 Å². The highest BCUT2D eigenvalue weighted by Gasteiger charge is 2.19. The molecule has 1 fully saturated rings. The summed E-state index contributed by atoms with van der Waals surface area (Å²) in [5, 5.41) is 0. The lowest BCUT2D eigenvalue weighted by Gasteiger charge is -2.23. The molecule has 2 atom stereocenters. The van der Waals surface area contributed by atoms with Crippen LogP contribution in [0.25, 0.3) is 0 Å². The number of rotatable bonds is 0. The van der Waals surface area contributed by atoms with Crippen LogP contribution in [0.5, 0.6) is 0 Å². The highest BCUT2D eigenvalue weighted by atomic mass is 16.1. The molecule has 2 nitrogen and oxygen atoms in total. The predicted molar refractivity (Wildman–Crippen MR) is 48.4 cm³/mol. The van der Waals surface area contributed by atoms with Gasteiger partial charge >= 0.3 is 0 Å². The summed E-state index contributed by atoms with van der Waals surface area (Å²) in [6, 6.07) is 0.186. The Balaban J connectivity index is 2.51. The smallest absolute Gasteiger partial charge is 0.202 e. The van der Waals surface area contributed by atoms with Crippen molar-refractivity contribution in [2.75, 3.05) is 0 Å². The van der Waals surface area contributed by atoms with Crippen LogP contribution >= 0.6 is 0 Å². The average molecular weight is 165 g/mol. The molecule has 0 spiro atoms. The summed E-state index contributed by atoms with van der Waals surface area (Å²) in [7, 11) is 0. The third kappa shape index (κ3) is 2.67. The Hall–Kier alpha value is -0.810. The fourth-order valence-electron chi connectivity index (χ4n) is 1.53. The molecule has 1 aliphatic rings. The van der Waals surface area contributed by atoms with Gasteiger partial charge in [-0.1, -0.05) is 18.8 Å². The van der Waals surface area contributed by atoms with Crippen LogP contribution in [0.4, 0.5) is 0 Å².